The number of hydrogen-bond acceptors (Lipinski definition) is 3. The molecule has 0 atom stereocenters. The van der Waals surface area contributed by atoms with Gasteiger partial charge < -0.3 is 10.6 Å². The lowest BCUT2D eigenvalue weighted by Gasteiger charge is -2.12. The molecular formula is C14H13Br2N3O. The maximum atomic E-state index is 12.4. The lowest BCUT2D eigenvalue weighted by atomic mass is 10.2. The lowest BCUT2D eigenvalue weighted by molar-refractivity contribution is 0.102. The van der Waals surface area contributed by atoms with Gasteiger partial charge >= 0.3 is 0 Å². The molecule has 0 aliphatic carbocycles. The van der Waals surface area contributed by atoms with Crippen molar-refractivity contribution in [2.75, 3.05) is 17.7 Å². The molecule has 0 spiro atoms. The highest BCUT2D eigenvalue weighted by atomic mass is 79.9. The zero-order valence-corrected chi connectivity index (χ0v) is 14.2. The van der Waals surface area contributed by atoms with E-state index in [1.807, 2.05) is 19.1 Å². The quantitative estimate of drug-likeness (QED) is 0.814. The molecule has 1 aromatic carbocycles. The topological polar surface area (TPSA) is 54.0 Å². The summed E-state index contributed by atoms with van der Waals surface area (Å²) in [7, 11) is 1.77. The second-order valence-corrected chi connectivity index (χ2v) is 5.94. The predicted molar refractivity (Wildman–Crippen MR) is 88.3 cm³/mol. The Morgan fingerprint density at radius 2 is 1.90 bits per heavy atom. The number of anilines is 2. The van der Waals surface area contributed by atoms with Gasteiger partial charge in [0.15, 0.2) is 0 Å². The normalized spacial score (nSPS) is 10.2. The first-order valence-corrected chi connectivity index (χ1v) is 7.50. The molecule has 0 aliphatic rings. The number of aromatic nitrogens is 1. The Bertz CT molecular complexity index is 636. The number of pyridine rings is 1. The average Bonchev–Trinajstić information content (AvgIpc) is 2.42. The fourth-order valence-corrected chi connectivity index (χ4v) is 3.41. The van der Waals surface area contributed by atoms with Gasteiger partial charge in [0, 0.05) is 34.1 Å². The van der Waals surface area contributed by atoms with Gasteiger partial charge in [-0.3, -0.25) is 9.78 Å². The Balaban J connectivity index is 2.33. The molecule has 104 valence electrons. The molecular weight excluding hydrogens is 386 g/mol. The van der Waals surface area contributed by atoms with E-state index in [4.69, 9.17) is 0 Å². The number of rotatable bonds is 3. The van der Waals surface area contributed by atoms with Crippen LogP contribution in [-0.4, -0.2) is 17.9 Å². The minimum atomic E-state index is -0.215. The van der Waals surface area contributed by atoms with Crippen molar-refractivity contribution in [1.82, 2.24) is 4.98 Å². The van der Waals surface area contributed by atoms with E-state index in [1.54, 1.807) is 19.3 Å². The number of nitrogens with one attached hydrogen (secondary N) is 2. The van der Waals surface area contributed by atoms with Gasteiger partial charge in [0.25, 0.3) is 5.91 Å². The van der Waals surface area contributed by atoms with Gasteiger partial charge in [0.2, 0.25) is 0 Å². The van der Waals surface area contributed by atoms with Gasteiger partial charge in [-0.2, -0.15) is 0 Å². The first-order valence-electron chi connectivity index (χ1n) is 5.91. The van der Waals surface area contributed by atoms with Crippen LogP contribution >= 0.6 is 31.9 Å². The van der Waals surface area contributed by atoms with Crippen LogP contribution in [-0.2, 0) is 0 Å². The maximum absolute atomic E-state index is 12.4. The van der Waals surface area contributed by atoms with Crippen LogP contribution in [0.1, 0.15) is 15.9 Å². The number of halogens is 2. The summed E-state index contributed by atoms with van der Waals surface area (Å²) in [6.45, 7) is 1.99. The van der Waals surface area contributed by atoms with Crippen molar-refractivity contribution in [1.29, 1.82) is 0 Å². The summed E-state index contributed by atoms with van der Waals surface area (Å²) < 4.78 is 1.65. The predicted octanol–water partition coefficient (Wildman–Crippen LogP) is 4.21. The molecule has 20 heavy (non-hydrogen) atoms. The minimum absolute atomic E-state index is 0.215. The standard InChI is InChI=1S/C14H13Br2N3O/c1-8-5-10(15)13(11(16)6-8)19-14(20)9-7-18-4-3-12(9)17-2/h3-7H,1-2H3,(H,17,18)(H,19,20). The van der Waals surface area contributed by atoms with E-state index in [2.05, 4.69) is 47.5 Å². The van der Waals surface area contributed by atoms with Gasteiger partial charge in [-0.15, -0.1) is 0 Å². The highest BCUT2D eigenvalue weighted by molar-refractivity contribution is 9.11. The van der Waals surface area contributed by atoms with Crippen LogP contribution in [0.25, 0.3) is 0 Å². The van der Waals surface area contributed by atoms with Gasteiger partial charge in [-0.25, -0.2) is 0 Å². The molecule has 0 radical (unpaired) electrons. The van der Waals surface area contributed by atoms with Crippen LogP contribution in [0.2, 0.25) is 0 Å². The molecule has 1 aromatic heterocycles. The summed E-state index contributed by atoms with van der Waals surface area (Å²) in [5.74, 6) is -0.215. The second-order valence-electron chi connectivity index (χ2n) is 4.23. The molecule has 2 N–H and O–H groups in total. The third-order valence-electron chi connectivity index (χ3n) is 2.76. The molecule has 2 rings (SSSR count). The zero-order valence-electron chi connectivity index (χ0n) is 11.0. The fraction of sp³-hybridized carbons (Fsp3) is 0.143. The summed E-state index contributed by atoms with van der Waals surface area (Å²) in [5.41, 5.74) is 3.02. The van der Waals surface area contributed by atoms with Crippen LogP contribution in [0.4, 0.5) is 11.4 Å². The fourth-order valence-electron chi connectivity index (χ4n) is 1.79. The van der Waals surface area contributed by atoms with Crippen molar-refractivity contribution >= 4 is 49.1 Å². The molecule has 1 amide bonds. The molecule has 0 fully saturated rings. The highest BCUT2D eigenvalue weighted by Gasteiger charge is 2.14. The SMILES string of the molecule is CNc1ccncc1C(=O)Nc1c(Br)cc(C)cc1Br. The summed E-state index contributed by atoms with van der Waals surface area (Å²) in [4.78, 5) is 16.3. The van der Waals surface area contributed by atoms with E-state index in [0.29, 0.717) is 11.3 Å². The Morgan fingerprint density at radius 1 is 1.25 bits per heavy atom. The maximum Gasteiger partial charge on any atom is 0.259 e. The molecule has 1 heterocycles. The van der Waals surface area contributed by atoms with Crippen LogP contribution in [0.15, 0.2) is 39.5 Å². The Morgan fingerprint density at radius 3 is 2.50 bits per heavy atom. The van der Waals surface area contributed by atoms with Gasteiger partial charge in [-0.05, 0) is 62.5 Å². The van der Waals surface area contributed by atoms with Gasteiger partial charge in [0.1, 0.15) is 0 Å². The smallest absolute Gasteiger partial charge is 0.259 e. The number of hydrogen-bond donors (Lipinski definition) is 2. The highest BCUT2D eigenvalue weighted by Crippen LogP contribution is 2.32. The van der Waals surface area contributed by atoms with E-state index >= 15 is 0 Å². The third kappa shape index (κ3) is 3.19. The van der Waals surface area contributed by atoms with Gasteiger partial charge in [-0.1, -0.05) is 0 Å². The van der Waals surface area contributed by atoms with Gasteiger partial charge in [0.05, 0.1) is 11.3 Å². The van der Waals surface area contributed by atoms with Crippen molar-refractivity contribution in [2.24, 2.45) is 0 Å². The first-order chi connectivity index (χ1) is 9.52. The van der Waals surface area contributed by atoms with Crippen molar-refractivity contribution in [3.8, 4) is 0 Å². The van der Waals surface area contributed by atoms with Crippen LogP contribution in [0, 0.1) is 6.92 Å². The lowest BCUT2D eigenvalue weighted by Crippen LogP contribution is -2.15. The molecule has 0 aliphatic heterocycles. The van der Waals surface area contributed by atoms with Crippen molar-refractivity contribution in [3.63, 3.8) is 0 Å². The monoisotopic (exact) mass is 397 g/mol. The molecule has 0 saturated heterocycles. The van der Waals surface area contributed by atoms with Crippen molar-refractivity contribution in [2.45, 2.75) is 6.92 Å². The van der Waals surface area contributed by atoms with E-state index in [0.717, 1.165) is 20.2 Å². The van der Waals surface area contributed by atoms with Crippen molar-refractivity contribution in [3.05, 3.63) is 50.7 Å². The molecule has 0 saturated carbocycles. The number of carbonyl (C=O) groups is 1. The summed E-state index contributed by atoms with van der Waals surface area (Å²) in [6, 6.07) is 5.65. The Kier molecular flexibility index (Phi) is 4.77. The minimum Gasteiger partial charge on any atom is -0.387 e. The number of amides is 1. The van der Waals surface area contributed by atoms with Crippen LogP contribution in [0.3, 0.4) is 0 Å². The number of nitrogens with zero attached hydrogens (tertiary/aromatic N) is 1. The van der Waals surface area contributed by atoms with E-state index in [1.165, 1.54) is 6.20 Å². The largest absolute Gasteiger partial charge is 0.387 e. The Hall–Kier alpha value is -1.40. The molecule has 6 heteroatoms. The first kappa shape index (κ1) is 15.0. The van der Waals surface area contributed by atoms with Crippen LogP contribution < -0.4 is 10.6 Å². The molecule has 2 aromatic rings. The second kappa shape index (κ2) is 6.37. The van der Waals surface area contributed by atoms with E-state index in [9.17, 15) is 4.79 Å². The molecule has 0 bridgehead atoms. The average molecular weight is 399 g/mol. The Labute approximate surface area is 134 Å². The number of benzene rings is 1. The number of carbonyl (C=O) groups excluding carboxylic acids is 1. The zero-order chi connectivity index (χ0) is 14.7. The van der Waals surface area contributed by atoms with E-state index in [-0.39, 0.29) is 5.91 Å². The summed E-state index contributed by atoms with van der Waals surface area (Å²) in [6.07, 6.45) is 3.18. The van der Waals surface area contributed by atoms with Crippen LogP contribution in [0.5, 0.6) is 0 Å². The van der Waals surface area contributed by atoms with E-state index < -0.39 is 0 Å². The summed E-state index contributed by atoms with van der Waals surface area (Å²) in [5, 5.41) is 5.86. The molecule has 0 unspecified atom stereocenters. The summed E-state index contributed by atoms with van der Waals surface area (Å²) >= 11 is 6.92. The number of aryl methyl sites for hydroxylation is 1. The molecule has 4 nitrogen and oxygen atoms in total. The third-order valence-corrected chi connectivity index (χ3v) is 4.01. The van der Waals surface area contributed by atoms with Crippen molar-refractivity contribution < 1.29 is 4.79 Å².